The van der Waals surface area contributed by atoms with E-state index in [9.17, 15) is 4.79 Å². The molecule has 2 aromatic heterocycles. The van der Waals surface area contributed by atoms with Crippen molar-refractivity contribution in [1.29, 1.82) is 0 Å². The molecule has 2 aliphatic rings. The molecule has 6 heteroatoms. The molecule has 1 amide bonds. The molecule has 1 fully saturated rings. The Balaban J connectivity index is 1.42. The van der Waals surface area contributed by atoms with Gasteiger partial charge in [-0.1, -0.05) is 6.07 Å². The van der Waals surface area contributed by atoms with Gasteiger partial charge in [0.05, 0.1) is 6.42 Å². The van der Waals surface area contributed by atoms with Gasteiger partial charge in [0.15, 0.2) is 0 Å². The van der Waals surface area contributed by atoms with Crippen LogP contribution in [-0.4, -0.2) is 51.9 Å². The molecule has 1 aliphatic heterocycles. The van der Waals surface area contributed by atoms with Gasteiger partial charge < -0.3 is 9.80 Å². The Morgan fingerprint density at radius 3 is 2.65 bits per heavy atom. The SMILES string of the molecule is Cc1nc2c(c(N3CCN(C(=O)Cc4ccccn4)CC3)n1)CCCC2. The first-order valence-electron chi connectivity index (χ1n) is 9.50. The van der Waals surface area contributed by atoms with Crippen molar-refractivity contribution in [1.82, 2.24) is 19.9 Å². The fourth-order valence-electron chi connectivity index (χ4n) is 3.89. The fraction of sp³-hybridized carbons (Fsp3) is 0.500. The van der Waals surface area contributed by atoms with Crippen molar-refractivity contribution in [3.63, 3.8) is 0 Å². The highest BCUT2D eigenvalue weighted by Gasteiger charge is 2.26. The van der Waals surface area contributed by atoms with Gasteiger partial charge in [-0.15, -0.1) is 0 Å². The molecule has 2 aromatic rings. The smallest absolute Gasteiger partial charge is 0.228 e. The molecule has 0 atom stereocenters. The summed E-state index contributed by atoms with van der Waals surface area (Å²) in [5, 5.41) is 0. The topological polar surface area (TPSA) is 62.2 Å². The molecule has 0 aromatic carbocycles. The highest BCUT2D eigenvalue weighted by Crippen LogP contribution is 2.28. The maximum absolute atomic E-state index is 12.5. The monoisotopic (exact) mass is 351 g/mol. The van der Waals surface area contributed by atoms with Gasteiger partial charge >= 0.3 is 0 Å². The van der Waals surface area contributed by atoms with Crippen molar-refractivity contribution in [2.24, 2.45) is 0 Å². The molecule has 26 heavy (non-hydrogen) atoms. The van der Waals surface area contributed by atoms with Crippen LogP contribution in [0.4, 0.5) is 5.82 Å². The normalized spacial score (nSPS) is 17.1. The average Bonchev–Trinajstić information content (AvgIpc) is 2.68. The minimum atomic E-state index is 0.157. The number of carbonyl (C=O) groups is 1. The maximum Gasteiger partial charge on any atom is 0.228 e. The van der Waals surface area contributed by atoms with Crippen LogP contribution in [0.1, 0.15) is 35.6 Å². The highest BCUT2D eigenvalue weighted by atomic mass is 16.2. The molecule has 1 saturated heterocycles. The summed E-state index contributed by atoms with van der Waals surface area (Å²) in [6.07, 6.45) is 6.69. The molecule has 6 nitrogen and oxygen atoms in total. The van der Waals surface area contributed by atoms with Gasteiger partial charge in [0.2, 0.25) is 5.91 Å². The van der Waals surface area contributed by atoms with Crippen LogP contribution < -0.4 is 4.90 Å². The van der Waals surface area contributed by atoms with Crippen molar-refractivity contribution < 1.29 is 4.79 Å². The van der Waals surface area contributed by atoms with Crippen LogP contribution in [0.3, 0.4) is 0 Å². The third-order valence-corrected chi connectivity index (χ3v) is 5.26. The zero-order chi connectivity index (χ0) is 17.9. The zero-order valence-electron chi connectivity index (χ0n) is 15.3. The number of anilines is 1. The van der Waals surface area contributed by atoms with E-state index in [2.05, 4.69) is 14.9 Å². The summed E-state index contributed by atoms with van der Waals surface area (Å²) in [5.41, 5.74) is 3.39. The summed E-state index contributed by atoms with van der Waals surface area (Å²) < 4.78 is 0. The molecule has 0 saturated carbocycles. The number of aryl methyl sites for hydroxylation is 2. The van der Waals surface area contributed by atoms with Crippen molar-refractivity contribution in [3.05, 3.63) is 47.2 Å². The van der Waals surface area contributed by atoms with Gasteiger partial charge in [0.25, 0.3) is 0 Å². The predicted octanol–water partition coefficient (Wildman–Crippen LogP) is 1.95. The van der Waals surface area contributed by atoms with E-state index < -0.39 is 0 Å². The van der Waals surface area contributed by atoms with E-state index in [-0.39, 0.29) is 5.91 Å². The van der Waals surface area contributed by atoms with Gasteiger partial charge in [0, 0.05) is 49.3 Å². The summed E-state index contributed by atoms with van der Waals surface area (Å²) in [6, 6.07) is 5.70. The molecule has 1 aliphatic carbocycles. The zero-order valence-corrected chi connectivity index (χ0v) is 15.3. The third-order valence-electron chi connectivity index (χ3n) is 5.26. The molecule has 0 radical (unpaired) electrons. The van der Waals surface area contributed by atoms with Crippen molar-refractivity contribution in [2.75, 3.05) is 31.1 Å². The summed E-state index contributed by atoms with van der Waals surface area (Å²) in [6.45, 7) is 5.12. The lowest BCUT2D eigenvalue weighted by atomic mass is 9.96. The molecule has 0 spiro atoms. The number of amides is 1. The first-order valence-corrected chi connectivity index (χ1v) is 9.50. The van der Waals surface area contributed by atoms with Crippen LogP contribution >= 0.6 is 0 Å². The second-order valence-corrected chi connectivity index (χ2v) is 7.09. The third kappa shape index (κ3) is 3.54. The number of pyridine rings is 1. The second kappa shape index (κ2) is 7.40. The number of aromatic nitrogens is 3. The minimum Gasteiger partial charge on any atom is -0.353 e. The van der Waals surface area contributed by atoms with Gasteiger partial charge in [-0.25, -0.2) is 9.97 Å². The van der Waals surface area contributed by atoms with E-state index in [1.807, 2.05) is 30.0 Å². The lowest BCUT2D eigenvalue weighted by molar-refractivity contribution is -0.130. The number of hydrogen-bond acceptors (Lipinski definition) is 5. The van der Waals surface area contributed by atoms with Crippen molar-refractivity contribution >= 4 is 11.7 Å². The van der Waals surface area contributed by atoms with Crippen LogP contribution in [-0.2, 0) is 24.1 Å². The van der Waals surface area contributed by atoms with E-state index in [4.69, 9.17) is 4.98 Å². The largest absolute Gasteiger partial charge is 0.353 e. The molecule has 136 valence electrons. The summed E-state index contributed by atoms with van der Waals surface area (Å²) in [5.74, 6) is 2.11. The Labute approximate surface area is 154 Å². The van der Waals surface area contributed by atoms with Gasteiger partial charge in [-0.2, -0.15) is 0 Å². The lowest BCUT2D eigenvalue weighted by Crippen LogP contribution is -2.50. The number of piperazine rings is 1. The molecule has 0 unspecified atom stereocenters. The summed E-state index contributed by atoms with van der Waals surface area (Å²) in [7, 11) is 0. The number of fused-ring (bicyclic) bond motifs is 1. The number of carbonyl (C=O) groups excluding carboxylic acids is 1. The maximum atomic E-state index is 12.5. The minimum absolute atomic E-state index is 0.157. The first-order chi connectivity index (χ1) is 12.7. The van der Waals surface area contributed by atoms with Gasteiger partial charge in [-0.05, 0) is 44.7 Å². The predicted molar refractivity (Wildman–Crippen MR) is 100 cm³/mol. The Kier molecular flexibility index (Phi) is 4.82. The van der Waals surface area contributed by atoms with Crippen LogP contribution in [0.25, 0.3) is 0 Å². The van der Waals surface area contributed by atoms with Crippen molar-refractivity contribution in [3.8, 4) is 0 Å². The van der Waals surface area contributed by atoms with E-state index >= 15 is 0 Å². The summed E-state index contributed by atoms with van der Waals surface area (Å²) >= 11 is 0. The lowest BCUT2D eigenvalue weighted by Gasteiger charge is -2.37. The standard InChI is InChI=1S/C20H25N5O/c1-15-22-18-8-3-2-7-17(18)20(23-15)25-12-10-24(11-13-25)19(26)14-16-6-4-5-9-21-16/h4-6,9H,2-3,7-8,10-14H2,1H3. The Morgan fingerprint density at radius 1 is 1.08 bits per heavy atom. The molecular formula is C20H25N5O. The van der Waals surface area contributed by atoms with Gasteiger partial charge in [-0.3, -0.25) is 9.78 Å². The van der Waals surface area contributed by atoms with Crippen LogP contribution in [0.15, 0.2) is 24.4 Å². The second-order valence-electron chi connectivity index (χ2n) is 7.09. The van der Waals surface area contributed by atoms with Crippen LogP contribution in [0.2, 0.25) is 0 Å². The van der Waals surface area contributed by atoms with E-state index in [1.165, 1.54) is 24.1 Å². The molecule has 0 N–H and O–H groups in total. The quantitative estimate of drug-likeness (QED) is 0.846. The number of nitrogens with zero attached hydrogens (tertiary/aromatic N) is 5. The summed E-state index contributed by atoms with van der Waals surface area (Å²) in [4.78, 5) is 30.5. The first kappa shape index (κ1) is 16.9. The van der Waals surface area contributed by atoms with Crippen LogP contribution in [0, 0.1) is 6.92 Å². The molecule has 3 heterocycles. The average molecular weight is 351 g/mol. The van der Waals surface area contributed by atoms with E-state index in [1.54, 1.807) is 6.20 Å². The molecule has 0 bridgehead atoms. The van der Waals surface area contributed by atoms with E-state index in [0.717, 1.165) is 56.4 Å². The number of hydrogen-bond donors (Lipinski definition) is 0. The van der Waals surface area contributed by atoms with Gasteiger partial charge in [0.1, 0.15) is 11.6 Å². The van der Waals surface area contributed by atoms with Crippen LogP contribution in [0.5, 0.6) is 0 Å². The Bertz CT molecular complexity index is 784. The van der Waals surface area contributed by atoms with E-state index in [0.29, 0.717) is 6.42 Å². The Morgan fingerprint density at radius 2 is 1.88 bits per heavy atom. The molecular weight excluding hydrogens is 326 g/mol. The fourth-order valence-corrected chi connectivity index (χ4v) is 3.89. The highest BCUT2D eigenvalue weighted by molar-refractivity contribution is 5.78. The molecule has 4 rings (SSSR count). The van der Waals surface area contributed by atoms with Crippen molar-refractivity contribution in [2.45, 2.75) is 39.0 Å². The number of rotatable bonds is 3. The Hall–Kier alpha value is -2.50.